The fourth-order valence-electron chi connectivity index (χ4n) is 2.35. The molecule has 0 atom stereocenters. The average Bonchev–Trinajstić information content (AvgIpc) is 2.55. The number of benzene rings is 2. The molecule has 3 aromatic rings. The van der Waals surface area contributed by atoms with Gasteiger partial charge in [-0.2, -0.15) is 0 Å². The molecule has 0 radical (unpaired) electrons. The first-order valence-electron chi connectivity index (χ1n) is 7.69. The smallest absolute Gasteiger partial charge is 0.327 e. The van der Waals surface area contributed by atoms with Crippen molar-refractivity contribution in [3.05, 3.63) is 84.5 Å². The van der Waals surface area contributed by atoms with Crippen LogP contribution in [0.5, 0.6) is 5.75 Å². The molecule has 0 aliphatic heterocycles. The number of aryl methyl sites for hydroxylation is 1. The molecule has 1 aromatic heterocycles. The summed E-state index contributed by atoms with van der Waals surface area (Å²) >= 11 is 12.0. The molecule has 1 heterocycles. The molecule has 0 spiro atoms. The Hall–Kier alpha value is -2.70. The summed E-state index contributed by atoms with van der Waals surface area (Å²) in [5, 5.41) is 4.12. The molecule has 0 aliphatic rings. The zero-order valence-corrected chi connectivity index (χ0v) is 15.2. The van der Waals surface area contributed by atoms with Gasteiger partial charge in [0.05, 0.1) is 0 Å². The third-order valence-corrected chi connectivity index (χ3v) is 4.22. The maximum absolute atomic E-state index is 11.4. The van der Waals surface area contributed by atoms with E-state index in [1.165, 1.54) is 6.07 Å². The zero-order valence-electron chi connectivity index (χ0n) is 13.7. The van der Waals surface area contributed by atoms with Gasteiger partial charge in [0.15, 0.2) is 0 Å². The number of hydrogen-bond acceptors (Lipinski definition) is 4. The van der Waals surface area contributed by atoms with Crippen molar-refractivity contribution in [2.75, 3.05) is 5.32 Å². The van der Waals surface area contributed by atoms with E-state index in [0.717, 1.165) is 16.8 Å². The van der Waals surface area contributed by atoms with Gasteiger partial charge in [-0.05, 0) is 42.8 Å². The summed E-state index contributed by atoms with van der Waals surface area (Å²) in [4.78, 5) is 27.3. The number of nitrogens with one attached hydrogen (secondary N) is 3. The van der Waals surface area contributed by atoms with Crippen LogP contribution in [0.1, 0.15) is 11.1 Å². The van der Waals surface area contributed by atoms with Crippen LogP contribution in [-0.4, -0.2) is 9.97 Å². The fourth-order valence-corrected chi connectivity index (χ4v) is 2.81. The maximum Gasteiger partial charge on any atom is 0.327 e. The number of anilines is 2. The predicted molar refractivity (Wildman–Crippen MR) is 103 cm³/mol. The van der Waals surface area contributed by atoms with E-state index in [1.807, 2.05) is 19.1 Å². The Labute approximate surface area is 158 Å². The summed E-state index contributed by atoms with van der Waals surface area (Å²) in [6, 6.07) is 11.9. The van der Waals surface area contributed by atoms with Gasteiger partial charge in [-0.25, -0.2) is 4.79 Å². The second-order valence-corrected chi connectivity index (χ2v) is 6.47. The van der Waals surface area contributed by atoms with Crippen molar-refractivity contribution in [1.29, 1.82) is 0 Å². The quantitative estimate of drug-likeness (QED) is 0.613. The Morgan fingerprint density at radius 2 is 1.85 bits per heavy atom. The van der Waals surface area contributed by atoms with E-state index in [-0.39, 0.29) is 0 Å². The fraction of sp³-hybridized carbons (Fsp3) is 0.111. The van der Waals surface area contributed by atoms with Gasteiger partial charge < -0.3 is 10.1 Å². The van der Waals surface area contributed by atoms with Gasteiger partial charge in [0.25, 0.3) is 5.56 Å². The van der Waals surface area contributed by atoms with Crippen LogP contribution >= 0.6 is 23.2 Å². The van der Waals surface area contributed by atoms with Crippen molar-refractivity contribution in [3.63, 3.8) is 0 Å². The molecule has 3 rings (SSSR count). The Morgan fingerprint density at radius 1 is 1.04 bits per heavy atom. The van der Waals surface area contributed by atoms with E-state index >= 15 is 0 Å². The SMILES string of the molecule is Cc1cc(OCc2ccc(Cl)cc2Cl)ccc1Nc1cc(=O)[nH]c(=O)[nH]1. The van der Waals surface area contributed by atoms with Crippen LogP contribution in [0, 0.1) is 6.92 Å². The third-order valence-electron chi connectivity index (χ3n) is 3.64. The number of ether oxygens (including phenoxy) is 1. The number of aromatic amines is 2. The van der Waals surface area contributed by atoms with Crippen molar-refractivity contribution in [1.82, 2.24) is 9.97 Å². The van der Waals surface area contributed by atoms with Crippen LogP contribution in [0.2, 0.25) is 10.0 Å². The largest absolute Gasteiger partial charge is 0.489 e. The number of rotatable bonds is 5. The lowest BCUT2D eigenvalue weighted by molar-refractivity contribution is 0.306. The molecule has 26 heavy (non-hydrogen) atoms. The molecule has 0 unspecified atom stereocenters. The van der Waals surface area contributed by atoms with Gasteiger partial charge >= 0.3 is 5.69 Å². The average molecular weight is 392 g/mol. The standard InChI is InChI=1S/C18H15Cl2N3O3/c1-10-6-13(26-9-11-2-3-12(19)7-14(11)20)4-5-15(10)21-16-8-17(24)23-18(25)22-16/h2-8H,9H2,1H3,(H3,21,22,23,24,25). The van der Waals surface area contributed by atoms with Crippen molar-refractivity contribution in [3.8, 4) is 5.75 Å². The lowest BCUT2D eigenvalue weighted by atomic mass is 10.2. The molecule has 0 fully saturated rings. The molecule has 0 saturated carbocycles. The van der Waals surface area contributed by atoms with Crippen molar-refractivity contribution < 1.29 is 4.74 Å². The number of H-pyrrole nitrogens is 2. The normalized spacial score (nSPS) is 10.6. The van der Waals surface area contributed by atoms with Gasteiger partial charge in [0.1, 0.15) is 18.2 Å². The lowest BCUT2D eigenvalue weighted by Gasteiger charge is -2.12. The predicted octanol–water partition coefficient (Wildman–Crippen LogP) is 4.00. The summed E-state index contributed by atoms with van der Waals surface area (Å²) in [6.07, 6.45) is 0. The van der Waals surface area contributed by atoms with Crippen LogP contribution in [0.25, 0.3) is 0 Å². The summed E-state index contributed by atoms with van der Waals surface area (Å²) in [5.74, 6) is 0.974. The number of halogens is 2. The van der Waals surface area contributed by atoms with Gasteiger partial charge in [0, 0.05) is 27.4 Å². The van der Waals surface area contributed by atoms with E-state index in [4.69, 9.17) is 27.9 Å². The number of hydrogen-bond donors (Lipinski definition) is 3. The van der Waals surface area contributed by atoms with E-state index < -0.39 is 11.2 Å². The van der Waals surface area contributed by atoms with E-state index in [2.05, 4.69) is 15.3 Å². The Balaban J connectivity index is 1.72. The third kappa shape index (κ3) is 4.47. The Bertz CT molecular complexity index is 1030. The summed E-state index contributed by atoms with van der Waals surface area (Å²) < 4.78 is 5.77. The topological polar surface area (TPSA) is 87.0 Å². The first-order chi connectivity index (χ1) is 12.4. The van der Waals surface area contributed by atoms with Crippen molar-refractivity contribution in [2.24, 2.45) is 0 Å². The first kappa shape index (κ1) is 18.1. The van der Waals surface area contributed by atoms with Crippen LogP contribution in [0.15, 0.2) is 52.1 Å². The highest BCUT2D eigenvalue weighted by Crippen LogP contribution is 2.26. The molecule has 6 nitrogen and oxygen atoms in total. The molecule has 0 saturated heterocycles. The lowest BCUT2D eigenvalue weighted by Crippen LogP contribution is -2.22. The van der Waals surface area contributed by atoms with Crippen molar-refractivity contribution >= 4 is 34.7 Å². The molecule has 2 aromatic carbocycles. The van der Waals surface area contributed by atoms with Gasteiger partial charge in [0.2, 0.25) is 0 Å². The summed E-state index contributed by atoms with van der Waals surface area (Å²) in [7, 11) is 0. The first-order valence-corrected chi connectivity index (χ1v) is 8.44. The van der Waals surface area contributed by atoms with E-state index in [0.29, 0.717) is 28.2 Å². The highest BCUT2D eigenvalue weighted by atomic mass is 35.5. The highest BCUT2D eigenvalue weighted by Gasteiger charge is 2.06. The molecular weight excluding hydrogens is 377 g/mol. The molecule has 0 bridgehead atoms. The minimum Gasteiger partial charge on any atom is -0.489 e. The van der Waals surface area contributed by atoms with Gasteiger partial charge in [-0.1, -0.05) is 29.3 Å². The van der Waals surface area contributed by atoms with Crippen LogP contribution < -0.4 is 21.3 Å². The number of aromatic nitrogens is 2. The molecule has 8 heteroatoms. The Kier molecular flexibility index (Phi) is 5.35. The highest BCUT2D eigenvalue weighted by molar-refractivity contribution is 6.35. The summed E-state index contributed by atoms with van der Waals surface area (Å²) in [5.41, 5.74) is 1.40. The van der Waals surface area contributed by atoms with Crippen LogP contribution in [0.4, 0.5) is 11.5 Å². The molecular formula is C18H15Cl2N3O3. The van der Waals surface area contributed by atoms with Crippen LogP contribution in [-0.2, 0) is 6.61 Å². The van der Waals surface area contributed by atoms with Crippen molar-refractivity contribution in [2.45, 2.75) is 13.5 Å². The molecule has 0 amide bonds. The second-order valence-electron chi connectivity index (χ2n) is 5.63. The summed E-state index contributed by atoms with van der Waals surface area (Å²) in [6.45, 7) is 2.19. The maximum atomic E-state index is 11.4. The van der Waals surface area contributed by atoms with E-state index in [9.17, 15) is 9.59 Å². The van der Waals surface area contributed by atoms with Crippen LogP contribution in [0.3, 0.4) is 0 Å². The molecule has 134 valence electrons. The Morgan fingerprint density at radius 3 is 2.54 bits per heavy atom. The second kappa shape index (κ2) is 7.68. The molecule has 0 aliphatic carbocycles. The minimum atomic E-state index is -0.572. The minimum absolute atomic E-state index is 0.309. The molecule has 3 N–H and O–H groups in total. The van der Waals surface area contributed by atoms with E-state index in [1.54, 1.807) is 24.3 Å². The zero-order chi connectivity index (χ0) is 18.7. The monoisotopic (exact) mass is 391 g/mol. The van der Waals surface area contributed by atoms with Gasteiger partial charge in [-0.3, -0.25) is 14.8 Å². The van der Waals surface area contributed by atoms with Gasteiger partial charge in [-0.15, -0.1) is 0 Å².